The molecule has 7 nitrogen and oxygen atoms in total. The lowest BCUT2D eigenvalue weighted by atomic mass is 10.1. The van der Waals surface area contributed by atoms with Crippen LogP contribution in [0.4, 0.5) is 0 Å². The number of carbonyl (C=O) groups is 1. The van der Waals surface area contributed by atoms with Crippen molar-refractivity contribution in [3.63, 3.8) is 0 Å². The van der Waals surface area contributed by atoms with Crippen LogP contribution in [0.1, 0.15) is 5.56 Å². The number of nitrogens with one attached hydrogen (secondary N) is 2. The quantitative estimate of drug-likeness (QED) is 0.248. The van der Waals surface area contributed by atoms with Crippen LogP contribution in [0.3, 0.4) is 0 Å². The van der Waals surface area contributed by atoms with E-state index in [9.17, 15) is 4.79 Å². The third-order valence-corrected chi connectivity index (χ3v) is 3.35. The number of carbonyl (C=O) groups excluding carboxylic acids is 1. The Labute approximate surface area is 167 Å². The molecule has 0 aliphatic heterocycles. The Balaban J connectivity index is 0.00000576. The normalized spacial score (nSPS) is 10.6. The summed E-state index contributed by atoms with van der Waals surface area (Å²) in [5, 5.41) is 6.37. The van der Waals surface area contributed by atoms with Crippen LogP contribution in [0.2, 0.25) is 0 Å². The van der Waals surface area contributed by atoms with Crippen LogP contribution >= 0.6 is 24.0 Å². The Morgan fingerprint density at radius 1 is 1.16 bits per heavy atom. The van der Waals surface area contributed by atoms with Crippen LogP contribution in [-0.4, -0.2) is 71.3 Å². The summed E-state index contributed by atoms with van der Waals surface area (Å²) in [4.78, 5) is 17.5. The molecule has 1 amide bonds. The fourth-order valence-corrected chi connectivity index (χ4v) is 1.96. The van der Waals surface area contributed by atoms with Crippen LogP contribution < -0.4 is 15.4 Å². The zero-order valence-electron chi connectivity index (χ0n) is 15.4. The molecule has 142 valence electrons. The Kier molecular flexibility index (Phi) is 12.9. The molecule has 1 aromatic rings. The zero-order valence-corrected chi connectivity index (χ0v) is 17.7. The second kappa shape index (κ2) is 13.7. The molecule has 0 saturated heterocycles. The second-order valence-electron chi connectivity index (χ2n) is 5.36. The number of hydrogen-bond acceptors (Lipinski definition) is 4. The summed E-state index contributed by atoms with van der Waals surface area (Å²) in [6.45, 7) is 1.96. The number of ether oxygens (including phenoxy) is 2. The highest BCUT2D eigenvalue weighted by molar-refractivity contribution is 14.0. The highest BCUT2D eigenvalue weighted by Gasteiger charge is 2.05. The molecule has 0 heterocycles. The molecule has 0 aliphatic carbocycles. The average molecular weight is 464 g/mol. The van der Waals surface area contributed by atoms with Gasteiger partial charge in [0, 0.05) is 34.3 Å². The van der Waals surface area contributed by atoms with Crippen molar-refractivity contribution in [3.05, 3.63) is 29.8 Å². The van der Waals surface area contributed by atoms with Gasteiger partial charge in [0.25, 0.3) is 0 Å². The summed E-state index contributed by atoms with van der Waals surface area (Å²) in [6, 6.07) is 7.91. The molecule has 0 spiro atoms. The number of amides is 1. The van der Waals surface area contributed by atoms with E-state index >= 15 is 0 Å². The lowest BCUT2D eigenvalue weighted by molar-refractivity contribution is -0.127. The van der Waals surface area contributed by atoms with Crippen molar-refractivity contribution >= 4 is 35.8 Å². The minimum absolute atomic E-state index is 0. The molecular weight excluding hydrogens is 435 g/mol. The topological polar surface area (TPSA) is 75.2 Å². The molecule has 1 aromatic carbocycles. The fourth-order valence-electron chi connectivity index (χ4n) is 1.96. The van der Waals surface area contributed by atoms with Crippen LogP contribution in [0.5, 0.6) is 5.75 Å². The predicted octanol–water partition coefficient (Wildman–Crippen LogP) is 1.13. The lowest BCUT2D eigenvalue weighted by Crippen LogP contribution is -2.40. The smallest absolute Gasteiger partial charge is 0.243 e. The van der Waals surface area contributed by atoms with Gasteiger partial charge in [-0.05, 0) is 18.1 Å². The molecule has 0 radical (unpaired) electrons. The van der Waals surface area contributed by atoms with Gasteiger partial charge in [0.15, 0.2) is 5.96 Å². The molecule has 0 aromatic heterocycles. The maximum absolute atomic E-state index is 11.7. The maximum atomic E-state index is 11.7. The molecule has 1 rings (SSSR count). The van der Waals surface area contributed by atoms with Gasteiger partial charge >= 0.3 is 0 Å². The van der Waals surface area contributed by atoms with Gasteiger partial charge in [0.05, 0.1) is 13.7 Å². The summed E-state index contributed by atoms with van der Waals surface area (Å²) >= 11 is 0. The van der Waals surface area contributed by atoms with Crippen molar-refractivity contribution in [1.82, 2.24) is 15.5 Å². The third kappa shape index (κ3) is 9.49. The fraction of sp³-hybridized carbons (Fsp3) is 0.529. The molecule has 25 heavy (non-hydrogen) atoms. The largest absolute Gasteiger partial charge is 0.496 e. The van der Waals surface area contributed by atoms with Crippen molar-refractivity contribution in [2.75, 3.05) is 54.6 Å². The van der Waals surface area contributed by atoms with Crippen LogP contribution in [0.15, 0.2) is 29.3 Å². The summed E-state index contributed by atoms with van der Waals surface area (Å²) in [5.41, 5.74) is 1.12. The Hall–Kier alpha value is -1.55. The van der Waals surface area contributed by atoms with E-state index in [-0.39, 0.29) is 36.4 Å². The number of hydrogen-bond donors (Lipinski definition) is 2. The highest BCUT2D eigenvalue weighted by atomic mass is 127. The van der Waals surface area contributed by atoms with E-state index in [1.165, 1.54) is 4.90 Å². The number of aliphatic imine (C=N–C) groups is 1. The maximum Gasteiger partial charge on any atom is 0.243 e. The monoisotopic (exact) mass is 464 g/mol. The van der Waals surface area contributed by atoms with E-state index < -0.39 is 0 Å². The minimum Gasteiger partial charge on any atom is -0.496 e. The standard InChI is InChI=1S/C17H28N4O3.HI/c1-21(2)16(22)13-20-17(19-11-12-23-3)18-10-9-14-7-5-6-8-15(14)24-4;/h5-8H,9-13H2,1-4H3,(H2,18,19,20);1H. The number of nitrogens with zero attached hydrogens (tertiary/aromatic N) is 2. The SMILES string of the molecule is COCCNC(=NCC(=O)N(C)C)NCCc1ccccc1OC.I. The van der Waals surface area contributed by atoms with Gasteiger partial charge < -0.3 is 25.0 Å². The molecule has 0 fully saturated rings. The summed E-state index contributed by atoms with van der Waals surface area (Å²) < 4.78 is 10.4. The molecule has 0 unspecified atom stereocenters. The highest BCUT2D eigenvalue weighted by Crippen LogP contribution is 2.17. The Morgan fingerprint density at radius 2 is 1.84 bits per heavy atom. The number of likely N-dealkylation sites (N-methyl/N-ethyl adjacent to an activating group) is 1. The Morgan fingerprint density at radius 3 is 2.48 bits per heavy atom. The lowest BCUT2D eigenvalue weighted by Gasteiger charge is -2.14. The number of benzene rings is 1. The first-order valence-electron chi connectivity index (χ1n) is 7.91. The van der Waals surface area contributed by atoms with Crippen LogP contribution in [-0.2, 0) is 16.0 Å². The first-order chi connectivity index (χ1) is 11.6. The van der Waals surface area contributed by atoms with Crippen molar-refractivity contribution in [3.8, 4) is 5.75 Å². The average Bonchev–Trinajstić information content (AvgIpc) is 2.59. The number of rotatable bonds is 9. The summed E-state index contributed by atoms with van der Waals surface area (Å²) in [6.07, 6.45) is 0.788. The molecular formula is C17H29IN4O3. The molecule has 0 aliphatic rings. The van der Waals surface area contributed by atoms with Crippen molar-refractivity contribution in [1.29, 1.82) is 0 Å². The van der Waals surface area contributed by atoms with E-state index in [0.29, 0.717) is 25.7 Å². The van der Waals surface area contributed by atoms with Gasteiger partial charge in [-0.15, -0.1) is 24.0 Å². The number of guanidine groups is 1. The summed E-state index contributed by atoms with van der Waals surface area (Å²) in [5.74, 6) is 1.41. The van der Waals surface area contributed by atoms with Gasteiger partial charge in [-0.2, -0.15) is 0 Å². The third-order valence-electron chi connectivity index (χ3n) is 3.35. The van der Waals surface area contributed by atoms with Gasteiger partial charge in [-0.25, -0.2) is 4.99 Å². The van der Waals surface area contributed by atoms with Gasteiger partial charge in [0.2, 0.25) is 5.91 Å². The second-order valence-corrected chi connectivity index (χ2v) is 5.36. The van der Waals surface area contributed by atoms with E-state index in [1.54, 1.807) is 28.3 Å². The predicted molar refractivity (Wildman–Crippen MR) is 111 cm³/mol. The zero-order chi connectivity index (χ0) is 17.8. The van der Waals surface area contributed by atoms with E-state index in [4.69, 9.17) is 9.47 Å². The molecule has 0 bridgehead atoms. The van der Waals surface area contributed by atoms with Crippen LogP contribution in [0.25, 0.3) is 0 Å². The molecule has 8 heteroatoms. The van der Waals surface area contributed by atoms with Crippen molar-refractivity contribution in [2.24, 2.45) is 4.99 Å². The molecule has 2 N–H and O–H groups in total. The number of halogens is 1. The van der Waals surface area contributed by atoms with E-state index in [2.05, 4.69) is 15.6 Å². The number of methoxy groups -OCH3 is 2. The molecule has 0 saturated carbocycles. The first-order valence-corrected chi connectivity index (χ1v) is 7.91. The van der Waals surface area contributed by atoms with Gasteiger partial charge in [-0.1, -0.05) is 18.2 Å². The van der Waals surface area contributed by atoms with Gasteiger partial charge in [-0.3, -0.25) is 4.79 Å². The van der Waals surface area contributed by atoms with Crippen molar-refractivity contribution < 1.29 is 14.3 Å². The summed E-state index contributed by atoms with van der Waals surface area (Å²) in [7, 11) is 6.73. The molecule has 0 atom stereocenters. The van der Waals surface area contributed by atoms with Gasteiger partial charge in [0.1, 0.15) is 12.3 Å². The number of para-hydroxylation sites is 1. The van der Waals surface area contributed by atoms with E-state index in [1.807, 2.05) is 24.3 Å². The van der Waals surface area contributed by atoms with E-state index in [0.717, 1.165) is 17.7 Å². The van der Waals surface area contributed by atoms with Crippen molar-refractivity contribution in [2.45, 2.75) is 6.42 Å². The first kappa shape index (κ1) is 23.4. The van der Waals surface area contributed by atoms with Crippen LogP contribution in [0, 0.1) is 0 Å². The minimum atomic E-state index is -0.0485. The Bertz CT molecular complexity index is 538.